The van der Waals surface area contributed by atoms with E-state index in [2.05, 4.69) is 21.7 Å². The molecule has 0 saturated carbocycles. The lowest BCUT2D eigenvalue weighted by molar-refractivity contribution is 0.102. The van der Waals surface area contributed by atoms with Crippen molar-refractivity contribution >= 4 is 34.2 Å². The second-order valence-electron chi connectivity index (χ2n) is 6.10. The fourth-order valence-corrected chi connectivity index (χ4v) is 3.26. The number of hydrogen-bond acceptors (Lipinski definition) is 6. The van der Waals surface area contributed by atoms with Crippen molar-refractivity contribution in [3.63, 3.8) is 0 Å². The molecule has 3 aromatic rings. The Morgan fingerprint density at radius 2 is 1.86 bits per heavy atom. The number of rotatable bonds is 7. The van der Waals surface area contributed by atoms with Crippen LogP contribution >= 0.6 is 11.3 Å². The number of hydrogen-bond donors (Lipinski definition) is 2. The van der Waals surface area contributed by atoms with E-state index in [1.54, 1.807) is 42.6 Å². The number of nitrogens with zero attached hydrogens (tertiary/aromatic N) is 2. The molecule has 2 aromatic carbocycles. The highest BCUT2D eigenvalue weighted by Gasteiger charge is 2.07. The molecule has 0 spiro atoms. The SMILES string of the molecule is CCOc1ccc(NC(=O)c2ccc(N/C=C(\C#N)c3nc(C)cs3)cc2)cc1. The highest BCUT2D eigenvalue weighted by molar-refractivity contribution is 7.10. The second kappa shape index (κ2) is 9.53. The van der Waals surface area contributed by atoms with Gasteiger partial charge in [-0.3, -0.25) is 4.79 Å². The fourth-order valence-electron chi connectivity index (χ4n) is 2.50. The maximum Gasteiger partial charge on any atom is 0.255 e. The minimum atomic E-state index is -0.202. The summed E-state index contributed by atoms with van der Waals surface area (Å²) in [5.41, 5.74) is 3.34. The minimum absolute atomic E-state index is 0.202. The Labute approximate surface area is 173 Å². The molecule has 1 amide bonds. The van der Waals surface area contributed by atoms with E-state index in [4.69, 9.17) is 4.74 Å². The molecular weight excluding hydrogens is 384 g/mol. The van der Waals surface area contributed by atoms with Crippen LogP contribution in [0, 0.1) is 18.3 Å². The van der Waals surface area contributed by atoms with Gasteiger partial charge >= 0.3 is 0 Å². The van der Waals surface area contributed by atoms with Crippen LogP contribution in [0.25, 0.3) is 5.57 Å². The number of aromatic nitrogens is 1. The number of benzene rings is 2. The van der Waals surface area contributed by atoms with Crippen LogP contribution in [0.3, 0.4) is 0 Å². The first-order valence-electron chi connectivity index (χ1n) is 9.02. The number of allylic oxidation sites excluding steroid dienone is 1. The molecule has 2 N–H and O–H groups in total. The van der Waals surface area contributed by atoms with Crippen molar-refractivity contribution in [2.45, 2.75) is 13.8 Å². The minimum Gasteiger partial charge on any atom is -0.494 e. The summed E-state index contributed by atoms with van der Waals surface area (Å²) in [5, 5.41) is 17.8. The fraction of sp³-hybridized carbons (Fsp3) is 0.136. The largest absolute Gasteiger partial charge is 0.494 e. The van der Waals surface area contributed by atoms with Gasteiger partial charge in [-0.15, -0.1) is 11.3 Å². The zero-order valence-corrected chi connectivity index (χ0v) is 16.9. The normalized spacial score (nSPS) is 10.9. The molecule has 146 valence electrons. The summed E-state index contributed by atoms with van der Waals surface area (Å²) in [6.45, 7) is 4.41. The number of carbonyl (C=O) groups is 1. The van der Waals surface area contributed by atoms with Crippen LogP contribution in [-0.2, 0) is 0 Å². The van der Waals surface area contributed by atoms with Crippen molar-refractivity contribution < 1.29 is 9.53 Å². The van der Waals surface area contributed by atoms with Crippen LogP contribution in [0.4, 0.5) is 11.4 Å². The molecule has 1 heterocycles. The highest BCUT2D eigenvalue weighted by Crippen LogP contribution is 2.20. The molecule has 0 aliphatic heterocycles. The molecule has 0 atom stereocenters. The Morgan fingerprint density at radius 1 is 1.17 bits per heavy atom. The maximum atomic E-state index is 12.4. The van der Waals surface area contributed by atoms with Crippen LogP contribution in [0.1, 0.15) is 28.0 Å². The number of amides is 1. The van der Waals surface area contributed by atoms with E-state index in [-0.39, 0.29) is 5.91 Å². The predicted octanol–water partition coefficient (Wildman–Crippen LogP) is 5.08. The molecule has 3 rings (SSSR count). The first-order valence-corrected chi connectivity index (χ1v) is 9.90. The van der Waals surface area contributed by atoms with Gasteiger partial charge in [0.05, 0.1) is 6.61 Å². The first kappa shape index (κ1) is 20.1. The molecule has 0 saturated heterocycles. The molecule has 7 heteroatoms. The van der Waals surface area contributed by atoms with Crippen molar-refractivity contribution in [2.24, 2.45) is 0 Å². The van der Waals surface area contributed by atoms with Crippen LogP contribution in [0.15, 0.2) is 60.1 Å². The Kier molecular flexibility index (Phi) is 6.61. The molecular formula is C22H20N4O2S. The Bertz CT molecular complexity index is 1050. The summed E-state index contributed by atoms with van der Waals surface area (Å²) < 4.78 is 5.39. The summed E-state index contributed by atoms with van der Waals surface area (Å²) in [6, 6.07) is 16.4. The summed E-state index contributed by atoms with van der Waals surface area (Å²) in [7, 11) is 0. The summed E-state index contributed by atoms with van der Waals surface area (Å²) in [4.78, 5) is 16.7. The van der Waals surface area contributed by atoms with E-state index >= 15 is 0 Å². The number of ether oxygens (including phenoxy) is 1. The van der Waals surface area contributed by atoms with E-state index in [1.807, 2.05) is 31.4 Å². The van der Waals surface area contributed by atoms with Gasteiger partial charge in [0.25, 0.3) is 5.91 Å². The lowest BCUT2D eigenvalue weighted by atomic mass is 10.2. The Morgan fingerprint density at radius 3 is 2.45 bits per heavy atom. The number of nitriles is 1. The van der Waals surface area contributed by atoms with Gasteiger partial charge in [0.15, 0.2) is 0 Å². The topological polar surface area (TPSA) is 87.0 Å². The predicted molar refractivity (Wildman–Crippen MR) is 116 cm³/mol. The zero-order valence-electron chi connectivity index (χ0n) is 16.1. The second-order valence-corrected chi connectivity index (χ2v) is 6.96. The van der Waals surface area contributed by atoms with E-state index in [0.717, 1.165) is 17.1 Å². The monoisotopic (exact) mass is 404 g/mol. The third kappa shape index (κ3) is 5.43. The van der Waals surface area contributed by atoms with Crippen LogP contribution < -0.4 is 15.4 Å². The van der Waals surface area contributed by atoms with Crippen molar-refractivity contribution in [2.75, 3.05) is 17.2 Å². The lowest BCUT2D eigenvalue weighted by Crippen LogP contribution is -2.11. The lowest BCUT2D eigenvalue weighted by Gasteiger charge is -2.08. The number of carbonyl (C=O) groups excluding carboxylic acids is 1. The number of thiazole rings is 1. The van der Waals surface area contributed by atoms with Gasteiger partial charge < -0.3 is 15.4 Å². The Hall–Kier alpha value is -3.63. The molecule has 29 heavy (non-hydrogen) atoms. The van der Waals surface area contributed by atoms with Crippen LogP contribution in [0.2, 0.25) is 0 Å². The van der Waals surface area contributed by atoms with Gasteiger partial charge in [-0.1, -0.05) is 0 Å². The highest BCUT2D eigenvalue weighted by atomic mass is 32.1. The molecule has 1 aromatic heterocycles. The molecule has 0 aliphatic rings. The van der Waals surface area contributed by atoms with Gasteiger partial charge in [-0.2, -0.15) is 5.26 Å². The van der Waals surface area contributed by atoms with Crippen LogP contribution in [-0.4, -0.2) is 17.5 Å². The molecule has 0 aliphatic carbocycles. The van der Waals surface area contributed by atoms with Gasteiger partial charge in [0.2, 0.25) is 0 Å². The number of nitrogens with one attached hydrogen (secondary N) is 2. The molecule has 0 fully saturated rings. The van der Waals surface area contributed by atoms with E-state index in [9.17, 15) is 10.1 Å². The van der Waals surface area contributed by atoms with Crippen LogP contribution in [0.5, 0.6) is 5.75 Å². The Balaban J connectivity index is 1.62. The average Bonchev–Trinajstić information content (AvgIpc) is 3.16. The van der Waals surface area contributed by atoms with Crippen molar-refractivity contribution in [3.8, 4) is 11.8 Å². The quantitative estimate of drug-likeness (QED) is 0.536. The van der Waals surface area contributed by atoms with Crippen molar-refractivity contribution in [3.05, 3.63) is 76.4 Å². The summed E-state index contributed by atoms with van der Waals surface area (Å²) in [6.07, 6.45) is 1.62. The summed E-state index contributed by atoms with van der Waals surface area (Å²) >= 11 is 1.43. The molecule has 0 bridgehead atoms. The van der Waals surface area contributed by atoms with E-state index in [1.165, 1.54) is 11.3 Å². The van der Waals surface area contributed by atoms with Crippen molar-refractivity contribution in [1.29, 1.82) is 5.26 Å². The first-order chi connectivity index (χ1) is 14.1. The van der Waals surface area contributed by atoms with Gasteiger partial charge in [0.1, 0.15) is 22.4 Å². The standard InChI is InChI=1S/C22H20N4O2S/c1-3-28-20-10-8-19(9-11-20)26-21(27)16-4-6-18(7-5-16)24-13-17(12-23)22-25-15(2)14-29-22/h4-11,13-14,24H,3H2,1-2H3,(H,26,27)/b17-13+. The molecule has 6 nitrogen and oxygen atoms in total. The summed E-state index contributed by atoms with van der Waals surface area (Å²) in [5.74, 6) is 0.561. The average molecular weight is 404 g/mol. The third-order valence-corrected chi connectivity index (χ3v) is 4.92. The number of anilines is 2. The smallest absolute Gasteiger partial charge is 0.255 e. The van der Waals surface area contributed by atoms with E-state index < -0.39 is 0 Å². The molecule has 0 unspecified atom stereocenters. The third-order valence-electron chi connectivity index (χ3n) is 3.92. The van der Waals surface area contributed by atoms with Gasteiger partial charge in [-0.25, -0.2) is 4.98 Å². The van der Waals surface area contributed by atoms with Gasteiger partial charge in [-0.05, 0) is 62.4 Å². The molecule has 0 radical (unpaired) electrons. The number of aryl methyl sites for hydroxylation is 1. The maximum absolute atomic E-state index is 12.4. The zero-order chi connectivity index (χ0) is 20.6. The van der Waals surface area contributed by atoms with E-state index in [0.29, 0.717) is 28.4 Å². The van der Waals surface area contributed by atoms with Gasteiger partial charge in [0, 0.05) is 34.2 Å². The van der Waals surface area contributed by atoms with Crippen molar-refractivity contribution in [1.82, 2.24) is 4.98 Å².